The van der Waals surface area contributed by atoms with Gasteiger partial charge in [-0.15, -0.1) is 0 Å². The first kappa shape index (κ1) is 20.6. The van der Waals surface area contributed by atoms with Gasteiger partial charge in [-0.05, 0) is 42.8 Å². The molecule has 2 aromatic carbocycles. The largest absolute Gasteiger partial charge is 0.495 e. The minimum Gasteiger partial charge on any atom is -0.495 e. The van der Waals surface area contributed by atoms with Crippen LogP contribution in [0, 0.1) is 18.3 Å². The van der Waals surface area contributed by atoms with Crippen molar-refractivity contribution < 1.29 is 14.3 Å². The predicted octanol–water partition coefficient (Wildman–Crippen LogP) is 3.95. The number of aromatic nitrogens is 2. The molecule has 8 nitrogen and oxygen atoms in total. The van der Waals surface area contributed by atoms with Gasteiger partial charge in [0.1, 0.15) is 12.4 Å². The second-order valence-corrected chi connectivity index (χ2v) is 8.04. The molecule has 3 aromatic rings. The Morgan fingerprint density at radius 1 is 1.21 bits per heavy atom. The van der Waals surface area contributed by atoms with Crippen molar-refractivity contribution >= 4 is 11.9 Å². The highest BCUT2D eigenvalue weighted by Gasteiger charge is 2.46. The maximum Gasteiger partial charge on any atom is 0.234 e. The van der Waals surface area contributed by atoms with Crippen LogP contribution in [0.4, 0.5) is 0 Å². The molecule has 5 rings (SSSR count). The zero-order valence-electron chi connectivity index (χ0n) is 18.6. The average Bonchev–Trinajstić information content (AvgIpc) is 3.43. The van der Waals surface area contributed by atoms with E-state index < -0.39 is 5.72 Å². The second-order valence-electron chi connectivity index (χ2n) is 8.04. The minimum absolute atomic E-state index is 0.504. The van der Waals surface area contributed by atoms with Crippen molar-refractivity contribution in [2.24, 2.45) is 5.16 Å². The van der Waals surface area contributed by atoms with Crippen LogP contribution in [-0.2, 0) is 15.3 Å². The van der Waals surface area contributed by atoms with E-state index in [1.165, 1.54) is 0 Å². The number of aryl methyl sites for hydroxylation is 1. The summed E-state index contributed by atoms with van der Waals surface area (Å²) in [6.07, 6.45) is 5.65. The fourth-order valence-electron chi connectivity index (χ4n) is 4.11. The van der Waals surface area contributed by atoms with Crippen molar-refractivity contribution in [1.82, 2.24) is 14.5 Å². The molecule has 1 atom stereocenters. The Morgan fingerprint density at radius 2 is 2.03 bits per heavy atom. The monoisotopic (exact) mass is 441 g/mol. The number of imidazole rings is 1. The fourth-order valence-corrected chi connectivity index (χ4v) is 4.11. The molecule has 0 radical (unpaired) electrons. The standard InChI is InChI=1S/C25H23N5O3/c1-17-15-29(16-27-17)21-9-6-19(12-22(21)31-3)13-23-24-28-33-25(2,30(24)10-11-32-23)20-7-4-18(14-26)5-8-20/h4-9,12-13,15-16H,10-11H2,1-3H3/b23-13-. The molecule has 1 fully saturated rings. The van der Waals surface area contributed by atoms with Gasteiger partial charge < -0.3 is 23.8 Å². The van der Waals surface area contributed by atoms with Crippen LogP contribution in [0.15, 0.2) is 65.9 Å². The van der Waals surface area contributed by atoms with Gasteiger partial charge in [-0.25, -0.2) is 4.98 Å². The third kappa shape index (κ3) is 3.57. The molecular formula is C25H23N5O3. The number of amidine groups is 1. The molecule has 1 saturated heterocycles. The lowest BCUT2D eigenvalue weighted by molar-refractivity contribution is -0.0967. The summed E-state index contributed by atoms with van der Waals surface area (Å²) in [5.74, 6) is 2.00. The van der Waals surface area contributed by atoms with Crippen molar-refractivity contribution in [2.75, 3.05) is 20.3 Å². The molecule has 0 N–H and O–H groups in total. The van der Waals surface area contributed by atoms with E-state index in [0.29, 0.717) is 30.3 Å². The molecule has 2 aliphatic rings. The third-order valence-corrected chi connectivity index (χ3v) is 5.91. The average molecular weight is 441 g/mol. The smallest absolute Gasteiger partial charge is 0.234 e. The molecule has 33 heavy (non-hydrogen) atoms. The molecule has 2 aliphatic heterocycles. The van der Waals surface area contributed by atoms with Crippen molar-refractivity contribution in [3.05, 3.63) is 83.1 Å². The molecular weight excluding hydrogens is 418 g/mol. The maximum atomic E-state index is 9.09. The Labute approximate surface area is 191 Å². The summed E-state index contributed by atoms with van der Waals surface area (Å²) >= 11 is 0. The van der Waals surface area contributed by atoms with Gasteiger partial charge in [-0.1, -0.05) is 23.4 Å². The summed E-state index contributed by atoms with van der Waals surface area (Å²) in [6, 6.07) is 15.5. The van der Waals surface area contributed by atoms with Crippen LogP contribution >= 0.6 is 0 Å². The van der Waals surface area contributed by atoms with Crippen molar-refractivity contribution in [2.45, 2.75) is 19.6 Å². The highest BCUT2D eigenvalue weighted by atomic mass is 16.7. The molecule has 3 heterocycles. The van der Waals surface area contributed by atoms with E-state index in [1.807, 2.05) is 61.0 Å². The first-order chi connectivity index (χ1) is 16.0. The van der Waals surface area contributed by atoms with Gasteiger partial charge in [0.05, 0.1) is 43.0 Å². The number of ether oxygens (including phenoxy) is 2. The van der Waals surface area contributed by atoms with E-state index >= 15 is 0 Å². The zero-order chi connectivity index (χ0) is 23.0. The lowest BCUT2D eigenvalue weighted by atomic mass is 10.0. The van der Waals surface area contributed by atoms with Gasteiger partial charge in [0.15, 0.2) is 5.76 Å². The summed E-state index contributed by atoms with van der Waals surface area (Å²) in [4.78, 5) is 12.3. The lowest BCUT2D eigenvalue weighted by Gasteiger charge is -2.37. The van der Waals surface area contributed by atoms with Gasteiger partial charge in [-0.2, -0.15) is 5.26 Å². The number of rotatable bonds is 4. The lowest BCUT2D eigenvalue weighted by Crippen LogP contribution is -2.48. The van der Waals surface area contributed by atoms with Crippen molar-refractivity contribution in [1.29, 1.82) is 5.26 Å². The molecule has 166 valence electrons. The minimum atomic E-state index is -0.771. The predicted molar refractivity (Wildman–Crippen MR) is 123 cm³/mol. The number of oxime groups is 1. The topological polar surface area (TPSA) is 84.9 Å². The zero-order valence-corrected chi connectivity index (χ0v) is 18.6. The molecule has 0 amide bonds. The number of benzene rings is 2. The van der Waals surface area contributed by atoms with Crippen LogP contribution in [-0.4, -0.2) is 40.5 Å². The Kier molecular flexibility index (Phi) is 5.02. The number of hydrogen-bond donors (Lipinski definition) is 0. The maximum absolute atomic E-state index is 9.09. The molecule has 0 spiro atoms. The van der Waals surface area contributed by atoms with Crippen LogP contribution in [0.2, 0.25) is 0 Å². The molecule has 0 saturated carbocycles. The fraction of sp³-hybridized carbons (Fsp3) is 0.240. The number of hydrogen-bond acceptors (Lipinski definition) is 7. The number of nitrogens with zero attached hydrogens (tertiary/aromatic N) is 5. The normalized spacial score (nSPS) is 20.5. The van der Waals surface area contributed by atoms with Crippen LogP contribution in [0.1, 0.15) is 29.3 Å². The van der Waals surface area contributed by atoms with Crippen molar-refractivity contribution in [3.8, 4) is 17.5 Å². The molecule has 1 aromatic heterocycles. The van der Waals surface area contributed by atoms with E-state index in [2.05, 4.69) is 21.1 Å². The number of morpholine rings is 1. The Morgan fingerprint density at radius 3 is 2.73 bits per heavy atom. The third-order valence-electron chi connectivity index (χ3n) is 5.91. The SMILES string of the molecule is COc1cc(/C=C2\OCCN3C2=NOC3(C)c2ccc(C#N)cc2)ccc1-n1cnc(C)c1. The molecule has 0 bridgehead atoms. The first-order valence-electron chi connectivity index (χ1n) is 10.6. The molecule has 0 aliphatic carbocycles. The highest BCUT2D eigenvalue weighted by Crippen LogP contribution is 2.38. The van der Waals surface area contributed by atoms with Gasteiger partial charge in [0.2, 0.25) is 11.6 Å². The van der Waals surface area contributed by atoms with E-state index in [4.69, 9.17) is 19.6 Å². The second kappa shape index (κ2) is 8.02. The highest BCUT2D eigenvalue weighted by molar-refractivity contribution is 6.01. The Balaban J connectivity index is 1.45. The summed E-state index contributed by atoms with van der Waals surface area (Å²) in [6.45, 7) is 5.06. The van der Waals surface area contributed by atoms with E-state index in [9.17, 15) is 0 Å². The number of nitriles is 1. The number of methoxy groups -OCH3 is 1. The first-order valence-corrected chi connectivity index (χ1v) is 10.6. The summed E-state index contributed by atoms with van der Waals surface area (Å²) in [5, 5.41) is 13.4. The molecule has 1 unspecified atom stereocenters. The van der Waals surface area contributed by atoms with Crippen molar-refractivity contribution in [3.63, 3.8) is 0 Å². The number of fused-ring (bicyclic) bond motifs is 1. The van der Waals surface area contributed by atoms with Crippen LogP contribution in [0.25, 0.3) is 11.8 Å². The quantitative estimate of drug-likeness (QED) is 0.610. The van der Waals surface area contributed by atoms with Crippen LogP contribution in [0.3, 0.4) is 0 Å². The van der Waals surface area contributed by atoms with Gasteiger partial charge in [0.25, 0.3) is 0 Å². The molecule has 8 heteroatoms. The van der Waals surface area contributed by atoms with E-state index in [1.54, 1.807) is 25.6 Å². The van der Waals surface area contributed by atoms with Gasteiger partial charge >= 0.3 is 0 Å². The van der Waals surface area contributed by atoms with E-state index in [-0.39, 0.29) is 0 Å². The van der Waals surface area contributed by atoms with Crippen LogP contribution in [0.5, 0.6) is 5.75 Å². The Hall–Kier alpha value is -4.25. The van der Waals surface area contributed by atoms with Crippen LogP contribution < -0.4 is 4.74 Å². The summed E-state index contributed by atoms with van der Waals surface area (Å²) in [5.41, 5.74) is 3.51. The van der Waals surface area contributed by atoms with E-state index in [0.717, 1.165) is 28.3 Å². The van der Waals surface area contributed by atoms with Gasteiger partial charge in [-0.3, -0.25) is 0 Å². The Bertz CT molecular complexity index is 1300. The van der Waals surface area contributed by atoms with Gasteiger partial charge in [0, 0.05) is 18.7 Å². The summed E-state index contributed by atoms with van der Waals surface area (Å²) < 4.78 is 13.5. The summed E-state index contributed by atoms with van der Waals surface area (Å²) in [7, 11) is 1.65.